The number of alkyl halides is 2. The van der Waals surface area contributed by atoms with Crippen LogP contribution in [0.25, 0.3) is 10.9 Å². The van der Waals surface area contributed by atoms with E-state index in [0.717, 1.165) is 0 Å². The molecule has 20 heavy (non-hydrogen) atoms. The molecule has 8 heteroatoms. The van der Waals surface area contributed by atoms with Gasteiger partial charge < -0.3 is 14.2 Å². The standard InChI is InChI=1S/C12H6ClF2NO4/c1-18-11(17)6-4-16-7-3-9-8(2-5(7)10(6)13)19-12(14,15)20-9/h2-4H,1H3. The average Bonchev–Trinajstić information content (AvgIpc) is 2.69. The predicted octanol–water partition coefficient (Wildman–Crippen LogP) is 3.00. The summed E-state index contributed by atoms with van der Waals surface area (Å²) in [6, 6.07) is 2.51. The number of hydrogen-bond acceptors (Lipinski definition) is 5. The number of benzene rings is 1. The molecule has 0 atom stereocenters. The van der Waals surface area contributed by atoms with E-state index in [2.05, 4.69) is 19.2 Å². The van der Waals surface area contributed by atoms with Crippen molar-refractivity contribution in [3.05, 3.63) is 28.9 Å². The molecule has 0 saturated carbocycles. The third-order valence-electron chi connectivity index (χ3n) is 2.73. The summed E-state index contributed by atoms with van der Waals surface area (Å²) in [5, 5.41) is 0.332. The van der Waals surface area contributed by atoms with Gasteiger partial charge in [0, 0.05) is 17.6 Å². The van der Waals surface area contributed by atoms with E-state index in [1.807, 2.05) is 0 Å². The van der Waals surface area contributed by atoms with Crippen molar-refractivity contribution in [2.75, 3.05) is 7.11 Å². The van der Waals surface area contributed by atoms with Gasteiger partial charge in [-0.3, -0.25) is 4.98 Å². The number of halogens is 3. The average molecular weight is 302 g/mol. The maximum atomic E-state index is 13.0. The highest BCUT2D eigenvalue weighted by atomic mass is 35.5. The number of ether oxygens (including phenoxy) is 3. The fourth-order valence-electron chi connectivity index (χ4n) is 1.86. The molecule has 3 rings (SSSR count). The molecule has 1 aromatic heterocycles. The number of hydrogen-bond donors (Lipinski definition) is 0. The summed E-state index contributed by atoms with van der Waals surface area (Å²) in [6.45, 7) is 0. The van der Waals surface area contributed by atoms with Gasteiger partial charge in [-0.15, -0.1) is 8.78 Å². The number of methoxy groups -OCH3 is 1. The highest BCUT2D eigenvalue weighted by Gasteiger charge is 2.43. The highest BCUT2D eigenvalue weighted by molar-refractivity contribution is 6.38. The number of nitrogens with zero attached hydrogens (tertiary/aromatic N) is 1. The van der Waals surface area contributed by atoms with Gasteiger partial charge in [-0.25, -0.2) is 4.79 Å². The summed E-state index contributed by atoms with van der Waals surface area (Å²) >= 11 is 6.06. The highest BCUT2D eigenvalue weighted by Crippen LogP contribution is 2.44. The van der Waals surface area contributed by atoms with Crippen molar-refractivity contribution in [1.29, 1.82) is 0 Å². The van der Waals surface area contributed by atoms with Crippen LogP contribution in [0.2, 0.25) is 5.02 Å². The maximum Gasteiger partial charge on any atom is 0.586 e. The van der Waals surface area contributed by atoms with Crippen molar-refractivity contribution in [3.8, 4) is 11.5 Å². The van der Waals surface area contributed by atoms with Gasteiger partial charge in [0.15, 0.2) is 11.5 Å². The van der Waals surface area contributed by atoms with Gasteiger partial charge in [0.1, 0.15) is 0 Å². The van der Waals surface area contributed by atoms with Crippen LogP contribution in [-0.2, 0) is 4.74 Å². The first kappa shape index (κ1) is 12.9. The van der Waals surface area contributed by atoms with Gasteiger partial charge in [-0.2, -0.15) is 0 Å². The summed E-state index contributed by atoms with van der Waals surface area (Å²) < 4.78 is 39.1. The predicted molar refractivity (Wildman–Crippen MR) is 64.3 cm³/mol. The number of fused-ring (bicyclic) bond motifs is 2. The van der Waals surface area contributed by atoms with Gasteiger partial charge in [0.2, 0.25) is 0 Å². The van der Waals surface area contributed by atoms with Crippen LogP contribution in [0.1, 0.15) is 10.4 Å². The molecule has 1 aliphatic rings. The van der Waals surface area contributed by atoms with E-state index >= 15 is 0 Å². The number of pyridine rings is 1. The van der Waals surface area contributed by atoms with E-state index in [1.54, 1.807) is 0 Å². The summed E-state index contributed by atoms with van der Waals surface area (Å²) in [4.78, 5) is 15.5. The lowest BCUT2D eigenvalue weighted by Gasteiger charge is -2.06. The molecule has 0 bridgehead atoms. The zero-order valence-corrected chi connectivity index (χ0v) is 10.7. The Kier molecular flexibility index (Phi) is 2.68. The number of aromatic nitrogens is 1. The van der Waals surface area contributed by atoms with Crippen LogP contribution in [0.3, 0.4) is 0 Å². The molecule has 0 saturated heterocycles. The third-order valence-corrected chi connectivity index (χ3v) is 3.14. The second kappa shape index (κ2) is 4.17. The van der Waals surface area contributed by atoms with E-state index in [4.69, 9.17) is 11.6 Å². The van der Waals surface area contributed by atoms with E-state index in [-0.39, 0.29) is 27.5 Å². The Morgan fingerprint density at radius 3 is 2.65 bits per heavy atom. The van der Waals surface area contributed by atoms with Crippen LogP contribution in [0.4, 0.5) is 8.78 Å². The smallest absolute Gasteiger partial charge is 0.465 e. The SMILES string of the molecule is COC(=O)c1cnc2cc3c(cc2c1Cl)OC(F)(F)O3. The second-order valence-corrected chi connectivity index (χ2v) is 4.34. The van der Waals surface area contributed by atoms with Crippen molar-refractivity contribution in [2.45, 2.75) is 6.29 Å². The normalized spacial score (nSPS) is 15.4. The number of rotatable bonds is 1. The first-order valence-corrected chi connectivity index (χ1v) is 5.75. The van der Waals surface area contributed by atoms with Crippen molar-refractivity contribution >= 4 is 28.5 Å². The van der Waals surface area contributed by atoms with Crippen LogP contribution >= 0.6 is 11.6 Å². The van der Waals surface area contributed by atoms with E-state index in [1.165, 1.54) is 25.4 Å². The molecule has 104 valence electrons. The quantitative estimate of drug-likeness (QED) is 0.758. The minimum Gasteiger partial charge on any atom is -0.465 e. The Morgan fingerprint density at radius 2 is 2.00 bits per heavy atom. The van der Waals surface area contributed by atoms with Crippen LogP contribution in [0, 0.1) is 0 Å². The summed E-state index contributed by atoms with van der Waals surface area (Å²) in [5.74, 6) is -0.988. The molecule has 0 amide bonds. The lowest BCUT2D eigenvalue weighted by molar-refractivity contribution is -0.286. The van der Waals surface area contributed by atoms with Gasteiger partial charge in [0.25, 0.3) is 0 Å². The van der Waals surface area contributed by atoms with Gasteiger partial charge in [0.05, 0.1) is 23.2 Å². The Labute approximate surface area is 116 Å². The lowest BCUT2D eigenvalue weighted by Crippen LogP contribution is -2.25. The minimum absolute atomic E-state index is 0.0345. The molecular weight excluding hydrogens is 296 g/mol. The molecule has 0 aliphatic carbocycles. The van der Waals surface area contributed by atoms with Crippen molar-refractivity contribution in [1.82, 2.24) is 4.98 Å². The third kappa shape index (κ3) is 1.90. The summed E-state index contributed by atoms with van der Waals surface area (Å²) in [5.41, 5.74) is 0.329. The van der Waals surface area contributed by atoms with Gasteiger partial charge in [-0.05, 0) is 6.07 Å². The molecule has 1 aliphatic heterocycles. The summed E-state index contributed by atoms with van der Waals surface area (Å²) in [7, 11) is 1.20. The molecule has 0 radical (unpaired) electrons. The molecule has 0 fully saturated rings. The van der Waals surface area contributed by atoms with Crippen LogP contribution < -0.4 is 9.47 Å². The zero-order chi connectivity index (χ0) is 14.5. The fraction of sp³-hybridized carbons (Fsp3) is 0.167. The van der Waals surface area contributed by atoms with E-state index in [9.17, 15) is 13.6 Å². The topological polar surface area (TPSA) is 57.7 Å². The van der Waals surface area contributed by atoms with Crippen molar-refractivity contribution in [2.24, 2.45) is 0 Å². The number of esters is 1. The molecule has 0 N–H and O–H groups in total. The monoisotopic (exact) mass is 301 g/mol. The molecule has 2 aromatic rings. The minimum atomic E-state index is -3.72. The van der Waals surface area contributed by atoms with E-state index < -0.39 is 12.3 Å². The van der Waals surface area contributed by atoms with Gasteiger partial charge >= 0.3 is 12.3 Å². The largest absolute Gasteiger partial charge is 0.586 e. The molecule has 0 spiro atoms. The number of carbonyl (C=O) groups is 1. The Hall–Kier alpha value is -2.15. The van der Waals surface area contributed by atoms with Gasteiger partial charge in [-0.1, -0.05) is 11.6 Å². The molecule has 5 nitrogen and oxygen atoms in total. The second-order valence-electron chi connectivity index (χ2n) is 3.96. The van der Waals surface area contributed by atoms with Crippen LogP contribution in [0.5, 0.6) is 11.5 Å². The molecular formula is C12H6ClF2NO4. The maximum absolute atomic E-state index is 13.0. The first-order chi connectivity index (χ1) is 9.41. The fourth-order valence-corrected chi connectivity index (χ4v) is 2.13. The molecule has 0 unspecified atom stereocenters. The Balaban J connectivity index is 2.20. The van der Waals surface area contributed by atoms with E-state index in [0.29, 0.717) is 5.52 Å². The Morgan fingerprint density at radius 1 is 1.35 bits per heavy atom. The molecule has 2 heterocycles. The van der Waals surface area contributed by atoms with Crippen molar-refractivity contribution < 1.29 is 27.8 Å². The summed E-state index contributed by atoms with van der Waals surface area (Å²) in [6.07, 6.45) is -2.52. The van der Waals surface area contributed by atoms with Crippen LogP contribution in [-0.4, -0.2) is 24.4 Å². The Bertz CT molecular complexity index is 735. The van der Waals surface area contributed by atoms with Crippen LogP contribution in [0.15, 0.2) is 18.3 Å². The first-order valence-electron chi connectivity index (χ1n) is 5.38. The van der Waals surface area contributed by atoms with Crippen molar-refractivity contribution in [3.63, 3.8) is 0 Å². The zero-order valence-electron chi connectivity index (χ0n) is 9.95. The number of carbonyl (C=O) groups excluding carboxylic acids is 1. The lowest BCUT2D eigenvalue weighted by atomic mass is 10.1. The molecule has 1 aromatic carbocycles.